The summed E-state index contributed by atoms with van der Waals surface area (Å²) in [6.07, 6.45) is 0. The van der Waals surface area contributed by atoms with Gasteiger partial charge < -0.3 is 10.1 Å². The zero-order valence-corrected chi connectivity index (χ0v) is 19.2. The topological polar surface area (TPSA) is 114 Å². The van der Waals surface area contributed by atoms with Crippen molar-refractivity contribution in [3.8, 4) is 0 Å². The van der Waals surface area contributed by atoms with E-state index in [9.17, 15) is 18.0 Å². The highest BCUT2D eigenvalue weighted by atomic mass is 32.2. The number of hydrogen-bond donors (Lipinski definition) is 2. The zero-order valence-electron chi connectivity index (χ0n) is 18.4. The van der Waals surface area contributed by atoms with Crippen LogP contribution in [-0.4, -0.2) is 39.2 Å². The van der Waals surface area contributed by atoms with Gasteiger partial charge in [-0.3, -0.25) is 14.6 Å². The summed E-state index contributed by atoms with van der Waals surface area (Å²) in [7, 11) is -3.90. The van der Waals surface area contributed by atoms with Gasteiger partial charge in [-0.25, -0.2) is 8.42 Å². The number of anilines is 1. The fourth-order valence-corrected chi connectivity index (χ4v) is 4.64. The fourth-order valence-electron chi connectivity index (χ4n) is 3.67. The minimum atomic E-state index is -3.90. The predicted octanol–water partition coefficient (Wildman–Crippen LogP) is 3.38. The van der Waals surface area contributed by atoms with Crippen LogP contribution in [0.1, 0.15) is 24.0 Å². The molecule has 1 amide bonds. The van der Waals surface area contributed by atoms with E-state index in [1.807, 2.05) is 54.6 Å². The molecule has 174 valence electrons. The van der Waals surface area contributed by atoms with Crippen molar-refractivity contribution in [1.29, 1.82) is 0 Å². The largest absolute Gasteiger partial charge is 0.465 e. The van der Waals surface area contributed by atoms with Gasteiger partial charge in [0.25, 0.3) is 0 Å². The molecule has 1 aliphatic rings. The van der Waals surface area contributed by atoms with Gasteiger partial charge in [-0.2, -0.15) is 4.72 Å². The van der Waals surface area contributed by atoms with Crippen molar-refractivity contribution < 1.29 is 22.7 Å². The lowest BCUT2D eigenvalue weighted by Gasteiger charge is -2.14. The summed E-state index contributed by atoms with van der Waals surface area (Å²) < 4.78 is 31.9. The second-order valence-electron chi connectivity index (χ2n) is 7.50. The van der Waals surface area contributed by atoms with Crippen molar-refractivity contribution in [2.45, 2.75) is 17.7 Å². The molecule has 2 N–H and O–H groups in total. The molecule has 0 spiro atoms. The summed E-state index contributed by atoms with van der Waals surface area (Å²) in [4.78, 5) is 29.1. The van der Waals surface area contributed by atoms with Gasteiger partial charge in [0.1, 0.15) is 12.5 Å². The zero-order chi connectivity index (χ0) is 24.1. The quantitative estimate of drug-likeness (QED) is 0.381. The van der Waals surface area contributed by atoms with E-state index in [0.717, 1.165) is 16.8 Å². The first kappa shape index (κ1) is 23.3. The second kappa shape index (κ2) is 9.98. The Bertz CT molecular complexity index is 1340. The molecule has 1 aliphatic heterocycles. The molecule has 1 unspecified atom stereocenters. The summed E-state index contributed by atoms with van der Waals surface area (Å²) in [6, 6.07) is 22.8. The summed E-state index contributed by atoms with van der Waals surface area (Å²) >= 11 is 0. The van der Waals surface area contributed by atoms with Crippen molar-refractivity contribution in [2.24, 2.45) is 4.99 Å². The number of esters is 1. The van der Waals surface area contributed by atoms with Crippen LogP contribution in [0.15, 0.2) is 88.8 Å². The van der Waals surface area contributed by atoms with Crippen LogP contribution in [0.2, 0.25) is 0 Å². The Labute approximate surface area is 197 Å². The maximum Gasteiger partial charge on any atom is 0.321 e. The van der Waals surface area contributed by atoms with Gasteiger partial charge in [-0.05, 0) is 48.4 Å². The van der Waals surface area contributed by atoms with Crippen LogP contribution in [0.3, 0.4) is 0 Å². The van der Waals surface area contributed by atoms with E-state index < -0.39 is 28.5 Å². The lowest BCUT2D eigenvalue weighted by Crippen LogP contribution is -2.30. The maximum atomic E-state index is 12.9. The Balaban J connectivity index is 1.66. The van der Waals surface area contributed by atoms with Gasteiger partial charge in [-0.15, -0.1) is 0 Å². The molecule has 34 heavy (non-hydrogen) atoms. The third kappa shape index (κ3) is 5.05. The van der Waals surface area contributed by atoms with Crippen LogP contribution in [0.4, 0.5) is 11.4 Å². The van der Waals surface area contributed by atoms with E-state index in [1.54, 1.807) is 19.1 Å². The van der Waals surface area contributed by atoms with Crippen LogP contribution < -0.4 is 10.0 Å². The van der Waals surface area contributed by atoms with Gasteiger partial charge in [-0.1, -0.05) is 48.5 Å². The highest BCUT2D eigenvalue weighted by molar-refractivity contribution is 7.89. The number of sulfonamides is 1. The molecule has 0 aromatic heterocycles. The molecular formula is C25H23N3O5S. The van der Waals surface area contributed by atoms with Gasteiger partial charge in [0, 0.05) is 5.69 Å². The summed E-state index contributed by atoms with van der Waals surface area (Å²) in [5, 5.41) is 2.90. The van der Waals surface area contributed by atoms with Crippen molar-refractivity contribution in [3.63, 3.8) is 0 Å². The molecule has 3 aromatic rings. The van der Waals surface area contributed by atoms with Crippen LogP contribution in [0.25, 0.3) is 0 Å². The minimum Gasteiger partial charge on any atom is -0.465 e. The molecule has 1 atom stereocenters. The van der Waals surface area contributed by atoms with E-state index in [0.29, 0.717) is 11.4 Å². The first-order chi connectivity index (χ1) is 16.4. The molecule has 0 saturated carbocycles. The highest BCUT2D eigenvalue weighted by Gasteiger charge is 2.35. The number of nitrogens with one attached hydrogen (secondary N) is 2. The lowest BCUT2D eigenvalue weighted by molar-refractivity contribution is -0.141. The molecular weight excluding hydrogens is 454 g/mol. The molecule has 0 radical (unpaired) electrons. The molecule has 0 aliphatic carbocycles. The van der Waals surface area contributed by atoms with E-state index >= 15 is 0 Å². The number of para-hydroxylation sites is 1. The van der Waals surface area contributed by atoms with Crippen molar-refractivity contribution in [2.75, 3.05) is 18.5 Å². The number of nitrogens with zero attached hydrogens (tertiary/aromatic N) is 1. The molecule has 4 rings (SSSR count). The number of rotatable bonds is 8. The molecule has 0 fully saturated rings. The number of fused-ring (bicyclic) bond motifs is 1. The standard InChI is InChI=1S/C25H23N3O5S/c1-2-33-22(29)16-26-34(31,32)19-14-12-18(13-15-19)27-24(17-8-4-3-5-9-17)23-20-10-6-7-11-21(20)28-25(23)30/h3-15,23,26H,2,16H2,1H3,(H,28,30). The third-order valence-corrected chi connectivity index (χ3v) is 6.66. The number of aliphatic imine (C=N–C) groups is 1. The minimum absolute atomic E-state index is 0.0130. The number of ether oxygens (including phenoxy) is 1. The number of benzene rings is 3. The van der Waals surface area contributed by atoms with Gasteiger partial charge in [0.05, 0.1) is 22.9 Å². The van der Waals surface area contributed by atoms with Gasteiger partial charge in [0.2, 0.25) is 15.9 Å². The molecule has 0 saturated heterocycles. The van der Waals surface area contributed by atoms with Gasteiger partial charge >= 0.3 is 5.97 Å². The predicted molar refractivity (Wildman–Crippen MR) is 129 cm³/mol. The van der Waals surface area contributed by atoms with E-state index in [2.05, 4.69) is 10.0 Å². The highest BCUT2D eigenvalue weighted by Crippen LogP contribution is 2.36. The SMILES string of the molecule is CCOC(=O)CNS(=O)(=O)c1ccc(N=C(c2ccccc2)C2C(=O)Nc3ccccc32)cc1. The normalized spacial score (nSPS) is 15.5. The third-order valence-electron chi connectivity index (χ3n) is 5.24. The number of amides is 1. The second-order valence-corrected chi connectivity index (χ2v) is 9.26. The molecule has 0 bridgehead atoms. The Kier molecular flexibility index (Phi) is 6.85. The van der Waals surface area contributed by atoms with E-state index in [4.69, 9.17) is 9.73 Å². The summed E-state index contributed by atoms with van der Waals surface area (Å²) in [5.74, 6) is -1.44. The maximum absolute atomic E-state index is 12.9. The van der Waals surface area contributed by atoms with Crippen LogP contribution in [0.5, 0.6) is 0 Å². The molecule has 1 heterocycles. The summed E-state index contributed by atoms with van der Waals surface area (Å²) in [6.45, 7) is 1.36. The average molecular weight is 478 g/mol. The Morgan fingerprint density at radius 1 is 1.00 bits per heavy atom. The van der Waals surface area contributed by atoms with E-state index in [1.165, 1.54) is 12.1 Å². The number of carbonyl (C=O) groups excluding carboxylic acids is 2. The van der Waals surface area contributed by atoms with Crippen LogP contribution >= 0.6 is 0 Å². The van der Waals surface area contributed by atoms with Crippen LogP contribution in [0, 0.1) is 0 Å². The number of carbonyl (C=O) groups is 2. The Morgan fingerprint density at radius 3 is 2.38 bits per heavy atom. The first-order valence-electron chi connectivity index (χ1n) is 10.7. The molecule has 3 aromatic carbocycles. The Morgan fingerprint density at radius 2 is 1.68 bits per heavy atom. The van der Waals surface area contributed by atoms with E-state index in [-0.39, 0.29) is 17.4 Å². The lowest BCUT2D eigenvalue weighted by atomic mass is 9.90. The molecule has 8 nitrogen and oxygen atoms in total. The van der Waals surface area contributed by atoms with Crippen LogP contribution in [-0.2, 0) is 24.3 Å². The Hall–Kier alpha value is -3.82. The molecule has 9 heteroatoms. The number of hydrogen-bond acceptors (Lipinski definition) is 6. The van der Waals surface area contributed by atoms with Crippen molar-refractivity contribution in [3.05, 3.63) is 90.0 Å². The monoisotopic (exact) mass is 477 g/mol. The first-order valence-corrected chi connectivity index (χ1v) is 12.2. The smallest absolute Gasteiger partial charge is 0.321 e. The van der Waals surface area contributed by atoms with Crippen molar-refractivity contribution >= 4 is 39.0 Å². The fraction of sp³-hybridized carbons (Fsp3) is 0.160. The summed E-state index contributed by atoms with van der Waals surface area (Å²) in [5.41, 5.74) is 3.40. The average Bonchev–Trinajstić information content (AvgIpc) is 3.18. The van der Waals surface area contributed by atoms with Crippen molar-refractivity contribution in [1.82, 2.24) is 4.72 Å². The van der Waals surface area contributed by atoms with Gasteiger partial charge in [0.15, 0.2) is 0 Å².